The molecule has 0 fully saturated rings. The van der Waals surface area contributed by atoms with Gasteiger partial charge in [0.1, 0.15) is 5.75 Å². The van der Waals surface area contributed by atoms with Crippen LogP contribution in [-0.2, 0) is 0 Å². The van der Waals surface area contributed by atoms with Crippen molar-refractivity contribution in [3.63, 3.8) is 0 Å². The van der Waals surface area contributed by atoms with E-state index in [4.69, 9.17) is 16.3 Å². The first kappa shape index (κ1) is 14.8. The molecule has 1 heterocycles. The van der Waals surface area contributed by atoms with Gasteiger partial charge in [-0.05, 0) is 31.5 Å². The average Bonchev–Trinajstić information content (AvgIpc) is 2.77. The minimum absolute atomic E-state index is 0.108. The summed E-state index contributed by atoms with van der Waals surface area (Å²) < 4.78 is 5.52. The Labute approximate surface area is 124 Å². The first-order valence-corrected chi connectivity index (χ1v) is 6.98. The molecule has 2 aromatic rings. The van der Waals surface area contributed by atoms with E-state index in [-0.39, 0.29) is 10.8 Å². The lowest BCUT2D eigenvalue weighted by Gasteiger charge is -2.05. The number of hydrogen-bond acceptors (Lipinski definition) is 5. The summed E-state index contributed by atoms with van der Waals surface area (Å²) in [5.41, 5.74) is 0.787. The molecular formula is C13H12ClNO4S. The monoisotopic (exact) mass is 313 g/mol. The SMILES string of the molecule is Cc1ccc(Oc2sc([C@H](C)O)cc2[N+](=O)[O-])c(Cl)c1. The summed E-state index contributed by atoms with van der Waals surface area (Å²) in [7, 11) is 0. The van der Waals surface area contributed by atoms with Crippen LogP contribution >= 0.6 is 22.9 Å². The minimum atomic E-state index is -0.787. The molecule has 106 valence electrons. The lowest BCUT2D eigenvalue weighted by molar-refractivity contribution is -0.385. The zero-order chi connectivity index (χ0) is 14.9. The number of aliphatic hydroxyl groups excluding tert-OH is 1. The Balaban J connectivity index is 2.39. The smallest absolute Gasteiger partial charge is 0.323 e. The molecule has 0 radical (unpaired) electrons. The van der Waals surface area contributed by atoms with Crippen molar-refractivity contribution in [2.45, 2.75) is 20.0 Å². The number of rotatable bonds is 4. The Hall–Kier alpha value is -1.63. The molecule has 7 heteroatoms. The van der Waals surface area contributed by atoms with E-state index in [2.05, 4.69) is 0 Å². The van der Waals surface area contributed by atoms with Gasteiger partial charge in [-0.1, -0.05) is 29.0 Å². The van der Waals surface area contributed by atoms with Crippen LogP contribution in [0.15, 0.2) is 24.3 Å². The molecule has 1 N–H and O–H groups in total. The molecule has 0 bridgehead atoms. The second-order valence-corrected chi connectivity index (χ2v) is 5.74. The number of nitro groups is 1. The molecule has 0 aliphatic carbocycles. The Morgan fingerprint density at radius 3 is 2.70 bits per heavy atom. The van der Waals surface area contributed by atoms with E-state index in [0.717, 1.165) is 16.9 Å². The first-order chi connectivity index (χ1) is 9.38. The maximum atomic E-state index is 11.0. The third-order valence-corrected chi connectivity index (χ3v) is 4.07. The average molecular weight is 314 g/mol. The summed E-state index contributed by atoms with van der Waals surface area (Å²) in [6.45, 7) is 3.42. The standard InChI is InChI=1S/C13H12ClNO4S/c1-7-3-4-11(9(14)5-7)19-13-10(15(17)18)6-12(20-13)8(2)16/h3-6,8,16H,1-2H3/t8-/m0/s1. The summed E-state index contributed by atoms with van der Waals surface area (Å²) in [6.07, 6.45) is -0.787. The molecule has 0 amide bonds. The molecule has 1 atom stereocenters. The molecular weight excluding hydrogens is 302 g/mol. The highest BCUT2D eigenvalue weighted by Crippen LogP contribution is 2.43. The Morgan fingerprint density at radius 1 is 1.45 bits per heavy atom. The maximum absolute atomic E-state index is 11.0. The van der Waals surface area contributed by atoms with Crippen molar-refractivity contribution in [1.29, 1.82) is 0 Å². The summed E-state index contributed by atoms with van der Waals surface area (Å²) in [5.74, 6) is 0.347. The van der Waals surface area contributed by atoms with E-state index in [1.165, 1.54) is 13.0 Å². The van der Waals surface area contributed by atoms with Gasteiger partial charge in [0.15, 0.2) is 0 Å². The van der Waals surface area contributed by atoms with Crippen molar-refractivity contribution in [3.8, 4) is 10.8 Å². The number of hydrogen-bond donors (Lipinski definition) is 1. The van der Waals surface area contributed by atoms with Gasteiger partial charge in [0.05, 0.1) is 16.0 Å². The molecule has 0 unspecified atom stereocenters. The van der Waals surface area contributed by atoms with Crippen molar-refractivity contribution in [1.82, 2.24) is 0 Å². The summed E-state index contributed by atoms with van der Waals surface area (Å²) in [5, 5.41) is 21.0. The van der Waals surface area contributed by atoms with Crippen LogP contribution in [0.3, 0.4) is 0 Å². The van der Waals surface area contributed by atoms with Crippen LogP contribution in [0.4, 0.5) is 5.69 Å². The van der Waals surface area contributed by atoms with E-state index in [9.17, 15) is 15.2 Å². The molecule has 1 aromatic heterocycles. The first-order valence-electron chi connectivity index (χ1n) is 5.78. The van der Waals surface area contributed by atoms with Crippen molar-refractivity contribution in [2.75, 3.05) is 0 Å². The lowest BCUT2D eigenvalue weighted by atomic mass is 10.2. The molecule has 0 aliphatic rings. The zero-order valence-electron chi connectivity index (χ0n) is 10.8. The number of ether oxygens (including phenoxy) is 1. The third kappa shape index (κ3) is 3.09. The molecule has 20 heavy (non-hydrogen) atoms. The fourth-order valence-electron chi connectivity index (χ4n) is 1.58. The van der Waals surface area contributed by atoms with Crippen LogP contribution in [0.25, 0.3) is 0 Å². The van der Waals surface area contributed by atoms with Crippen LogP contribution in [-0.4, -0.2) is 10.0 Å². The van der Waals surface area contributed by atoms with Crippen molar-refractivity contribution in [2.24, 2.45) is 0 Å². The summed E-state index contributed by atoms with van der Waals surface area (Å²) in [6, 6.07) is 6.48. The molecule has 0 saturated carbocycles. The van der Waals surface area contributed by atoms with Gasteiger partial charge >= 0.3 is 5.69 Å². The molecule has 0 saturated heterocycles. The number of nitrogens with zero attached hydrogens (tertiary/aromatic N) is 1. The van der Waals surface area contributed by atoms with Gasteiger partial charge in [-0.25, -0.2) is 0 Å². The predicted octanol–water partition coefficient (Wildman–Crippen LogP) is 4.46. The Bertz CT molecular complexity index is 654. The topological polar surface area (TPSA) is 72.6 Å². The van der Waals surface area contributed by atoms with Gasteiger partial charge in [-0.2, -0.15) is 0 Å². The lowest BCUT2D eigenvalue weighted by Crippen LogP contribution is -1.90. The number of aliphatic hydroxyl groups is 1. The van der Waals surface area contributed by atoms with Crippen LogP contribution < -0.4 is 4.74 Å². The van der Waals surface area contributed by atoms with E-state index < -0.39 is 11.0 Å². The molecule has 2 rings (SSSR count). The molecule has 1 aromatic carbocycles. The van der Waals surface area contributed by atoms with Crippen LogP contribution in [0.2, 0.25) is 5.02 Å². The van der Waals surface area contributed by atoms with Gasteiger partial charge in [0.2, 0.25) is 0 Å². The maximum Gasteiger partial charge on any atom is 0.323 e. The van der Waals surface area contributed by atoms with Crippen molar-refractivity contribution in [3.05, 3.63) is 49.8 Å². The highest BCUT2D eigenvalue weighted by molar-refractivity contribution is 7.14. The van der Waals surface area contributed by atoms with Crippen molar-refractivity contribution >= 4 is 28.6 Å². The second kappa shape index (κ2) is 5.78. The van der Waals surface area contributed by atoms with Gasteiger partial charge in [-0.3, -0.25) is 10.1 Å². The van der Waals surface area contributed by atoms with Crippen molar-refractivity contribution < 1.29 is 14.8 Å². The largest absolute Gasteiger partial charge is 0.438 e. The van der Waals surface area contributed by atoms with Crippen LogP contribution in [0.5, 0.6) is 10.8 Å². The summed E-state index contributed by atoms with van der Waals surface area (Å²) in [4.78, 5) is 10.9. The number of aryl methyl sites for hydroxylation is 1. The number of thiophene rings is 1. The van der Waals surface area contributed by atoms with Gasteiger partial charge in [0.25, 0.3) is 5.06 Å². The molecule has 5 nitrogen and oxygen atoms in total. The van der Waals surface area contributed by atoms with Gasteiger partial charge in [0, 0.05) is 10.9 Å². The van der Waals surface area contributed by atoms with E-state index in [1.54, 1.807) is 18.2 Å². The van der Waals surface area contributed by atoms with Crippen LogP contribution in [0, 0.1) is 17.0 Å². The Morgan fingerprint density at radius 2 is 2.15 bits per heavy atom. The number of benzene rings is 1. The highest BCUT2D eigenvalue weighted by atomic mass is 35.5. The normalized spacial score (nSPS) is 12.2. The third-order valence-electron chi connectivity index (χ3n) is 2.60. The molecule has 0 aliphatic heterocycles. The quantitative estimate of drug-likeness (QED) is 0.668. The number of halogens is 1. The van der Waals surface area contributed by atoms with Crippen LogP contribution in [0.1, 0.15) is 23.5 Å². The fraction of sp³-hybridized carbons (Fsp3) is 0.231. The zero-order valence-corrected chi connectivity index (χ0v) is 12.4. The summed E-state index contributed by atoms with van der Waals surface area (Å²) >= 11 is 7.07. The minimum Gasteiger partial charge on any atom is -0.438 e. The second-order valence-electron chi connectivity index (χ2n) is 4.29. The van der Waals surface area contributed by atoms with Gasteiger partial charge in [-0.15, -0.1) is 0 Å². The van der Waals surface area contributed by atoms with E-state index >= 15 is 0 Å². The fourth-order valence-corrected chi connectivity index (χ4v) is 2.78. The predicted molar refractivity (Wildman–Crippen MR) is 77.9 cm³/mol. The van der Waals surface area contributed by atoms with E-state index in [1.807, 2.05) is 6.92 Å². The highest BCUT2D eigenvalue weighted by Gasteiger charge is 2.23. The van der Waals surface area contributed by atoms with E-state index in [0.29, 0.717) is 15.6 Å². The van der Waals surface area contributed by atoms with Gasteiger partial charge < -0.3 is 9.84 Å². The molecule has 0 spiro atoms. The Kier molecular flexibility index (Phi) is 4.27.